The van der Waals surface area contributed by atoms with Gasteiger partial charge in [-0.1, -0.05) is 12.2 Å². The standard InChI is InChI=1S/C19H33NO6/c1-4-25-16(21)10-14-5-7-20(8-6-14)11-12(2)9-15-18(23)19(24)17(22)13(3)26-15/h13-15,17-19,22-24H,2,4-11H2,1,3H3/t13?,15-,17?,18+,19?/m0/s1. The van der Waals surface area contributed by atoms with E-state index in [0.717, 1.165) is 31.5 Å². The summed E-state index contributed by atoms with van der Waals surface area (Å²) in [7, 11) is 0. The molecule has 2 rings (SSSR count). The van der Waals surface area contributed by atoms with Crippen LogP contribution < -0.4 is 0 Å². The number of esters is 1. The Balaban J connectivity index is 1.73. The van der Waals surface area contributed by atoms with Crippen molar-refractivity contribution in [2.45, 2.75) is 70.1 Å². The van der Waals surface area contributed by atoms with Gasteiger partial charge in [-0.05, 0) is 52.1 Å². The Morgan fingerprint density at radius 3 is 2.42 bits per heavy atom. The number of hydrogen-bond donors (Lipinski definition) is 3. The number of carbonyl (C=O) groups is 1. The lowest BCUT2D eigenvalue weighted by molar-refractivity contribution is -0.216. The number of likely N-dealkylation sites (tertiary alicyclic amines) is 1. The van der Waals surface area contributed by atoms with Crippen LogP contribution >= 0.6 is 0 Å². The van der Waals surface area contributed by atoms with Crippen molar-refractivity contribution < 1.29 is 29.6 Å². The van der Waals surface area contributed by atoms with E-state index in [-0.39, 0.29) is 5.97 Å². The van der Waals surface area contributed by atoms with Crippen LogP contribution in [0.5, 0.6) is 0 Å². The Kier molecular flexibility index (Phi) is 8.04. The summed E-state index contributed by atoms with van der Waals surface area (Å²) in [4.78, 5) is 13.9. The summed E-state index contributed by atoms with van der Waals surface area (Å²) in [6.07, 6.45) is -1.63. The van der Waals surface area contributed by atoms with Crippen LogP contribution in [0.2, 0.25) is 0 Å². The minimum absolute atomic E-state index is 0.117. The molecular formula is C19H33NO6. The first-order valence-corrected chi connectivity index (χ1v) is 9.56. The largest absolute Gasteiger partial charge is 0.466 e. The molecule has 2 aliphatic rings. The van der Waals surface area contributed by atoms with Crippen LogP contribution in [0.3, 0.4) is 0 Å². The van der Waals surface area contributed by atoms with Gasteiger partial charge in [-0.15, -0.1) is 0 Å². The first-order chi connectivity index (χ1) is 12.3. The molecule has 2 heterocycles. The number of aliphatic hydroxyl groups excluding tert-OH is 3. The van der Waals surface area contributed by atoms with E-state index in [2.05, 4.69) is 11.5 Å². The zero-order chi connectivity index (χ0) is 19.3. The fourth-order valence-corrected chi connectivity index (χ4v) is 3.77. The number of rotatable bonds is 7. The van der Waals surface area contributed by atoms with E-state index in [1.54, 1.807) is 6.92 Å². The van der Waals surface area contributed by atoms with Gasteiger partial charge < -0.3 is 24.8 Å². The molecule has 0 amide bonds. The number of ether oxygens (including phenoxy) is 2. The van der Waals surface area contributed by atoms with Gasteiger partial charge >= 0.3 is 5.97 Å². The molecule has 2 fully saturated rings. The summed E-state index contributed by atoms with van der Waals surface area (Å²) >= 11 is 0. The zero-order valence-electron chi connectivity index (χ0n) is 15.8. The van der Waals surface area contributed by atoms with E-state index in [1.165, 1.54) is 0 Å². The third-order valence-corrected chi connectivity index (χ3v) is 5.36. The molecule has 150 valence electrons. The van der Waals surface area contributed by atoms with Crippen molar-refractivity contribution >= 4 is 5.97 Å². The number of aliphatic hydroxyl groups is 3. The Bertz CT molecular complexity index is 477. The molecule has 5 atom stereocenters. The predicted octanol–water partition coefficient (Wildman–Crippen LogP) is 0.468. The molecule has 26 heavy (non-hydrogen) atoms. The second-order valence-corrected chi connectivity index (χ2v) is 7.53. The molecule has 7 nitrogen and oxygen atoms in total. The lowest BCUT2D eigenvalue weighted by atomic mass is 9.91. The van der Waals surface area contributed by atoms with Gasteiger partial charge in [0, 0.05) is 13.0 Å². The van der Waals surface area contributed by atoms with E-state index < -0.39 is 30.5 Å². The maximum Gasteiger partial charge on any atom is 0.306 e. The fourth-order valence-electron chi connectivity index (χ4n) is 3.77. The highest BCUT2D eigenvalue weighted by molar-refractivity contribution is 5.69. The minimum Gasteiger partial charge on any atom is -0.466 e. The lowest BCUT2D eigenvalue weighted by Crippen LogP contribution is -2.56. The Hall–Kier alpha value is -0.990. The predicted molar refractivity (Wildman–Crippen MR) is 96.5 cm³/mol. The van der Waals surface area contributed by atoms with E-state index in [1.807, 2.05) is 6.92 Å². The Morgan fingerprint density at radius 2 is 1.81 bits per heavy atom. The van der Waals surface area contributed by atoms with Crippen molar-refractivity contribution in [3.05, 3.63) is 12.2 Å². The van der Waals surface area contributed by atoms with E-state index in [4.69, 9.17) is 9.47 Å². The second-order valence-electron chi connectivity index (χ2n) is 7.53. The van der Waals surface area contributed by atoms with Gasteiger partial charge in [-0.2, -0.15) is 0 Å². The Labute approximate surface area is 155 Å². The first kappa shape index (κ1) is 21.3. The van der Waals surface area contributed by atoms with Crippen molar-refractivity contribution in [3.8, 4) is 0 Å². The van der Waals surface area contributed by atoms with Gasteiger partial charge in [0.25, 0.3) is 0 Å². The summed E-state index contributed by atoms with van der Waals surface area (Å²) in [6, 6.07) is 0. The number of carbonyl (C=O) groups excluding carboxylic acids is 1. The quantitative estimate of drug-likeness (QED) is 0.442. The average molecular weight is 371 g/mol. The molecule has 0 aliphatic carbocycles. The molecule has 0 aromatic heterocycles. The minimum atomic E-state index is -1.20. The van der Waals surface area contributed by atoms with Crippen molar-refractivity contribution in [1.29, 1.82) is 0 Å². The summed E-state index contributed by atoms with van der Waals surface area (Å²) in [5.41, 5.74) is 0.925. The number of nitrogens with zero attached hydrogens (tertiary/aromatic N) is 1. The Morgan fingerprint density at radius 1 is 1.15 bits per heavy atom. The summed E-state index contributed by atoms with van der Waals surface area (Å²) in [6.45, 7) is 10.5. The second kappa shape index (κ2) is 9.80. The van der Waals surface area contributed by atoms with Crippen LogP contribution in [0.15, 0.2) is 12.2 Å². The highest BCUT2D eigenvalue weighted by Gasteiger charge is 2.41. The molecule has 2 saturated heterocycles. The molecule has 0 spiro atoms. The molecule has 3 unspecified atom stereocenters. The zero-order valence-corrected chi connectivity index (χ0v) is 15.8. The number of hydrogen-bond acceptors (Lipinski definition) is 7. The van der Waals surface area contributed by atoms with E-state index in [0.29, 0.717) is 31.9 Å². The summed E-state index contributed by atoms with van der Waals surface area (Å²) in [5, 5.41) is 29.8. The normalized spacial score (nSPS) is 33.8. The molecule has 0 aromatic rings. The van der Waals surface area contributed by atoms with Crippen LogP contribution in [0.1, 0.15) is 39.5 Å². The van der Waals surface area contributed by atoms with Gasteiger partial charge in [0.05, 0.1) is 18.8 Å². The molecule has 0 radical (unpaired) electrons. The summed E-state index contributed by atoms with van der Waals surface area (Å²) < 4.78 is 10.6. The highest BCUT2D eigenvalue weighted by Crippen LogP contribution is 2.26. The smallest absolute Gasteiger partial charge is 0.306 e. The van der Waals surface area contributed by atoms with E-state index in [9.17, 15) is 20.1 Å². The molecule has 3 N–H and O–H groups in total. The van der Waals surface area contributed by atoms with Gasteiger partial charge in [-0.3, -0.25) is 9.69 Å². The van der Waals surface area contributed by atoms with Crippen LogP contribution in [-0.4, -0.2) is 82.9 Å². The maximum atomic E-state index is 11.6. The molecule has 2 aliphatic heterocycles. The van der Waals surface area contributed by atoms with Crippen molar-refractivity contribution in [2.75, 3.05) is 26.2 Å². The highest BCUT2D eigenvalue weighted by atomic mass is 16.5. The summed E-state index contributed by atoms with van der Waals surface area (Å²) in [5.74, 6) is 0.258. The van der Waals surface area contributed by atoms with Gasteiger partial charge in [0.15, 0.2) is 0 Å². The third-order valence-electron chi connectivity index (χ3n) is 5.36. The average Bonchev–Trinajstić information content (AvgIpc) is 2.59. The number of piperidine rings is 1. The van der Waals surface area contributed by atoms with Crippen LogP contribution in [0, 0.1) is 5.92 Å². The first-order valence-electron chi connectivity index (χ1n) is 9.56. The monoisotopic (exact) mass is 371 g/mol. The van der Waals surface area contributed by atoms with Crippen molar-refractivity contribution in [1.82, 2.24) is 4.90 Å². The van der Waals surface area contributed by atoms with Gasteiger partial charge in [0.2, 0.25) is 0 Å². The lowest BCUT2D eigenvalue weighted by Gasteiger charge is -2.40. The van der Waals surface area contributed by atoms with E-state index >= 15 is 0 Å². The van der Waals surface area contributed by atoms with Gasteiger partial charge in [0.1, 0.15) is 18.3 Å². The van der Waals surface area contributed by atoms with Crippen LogP contribution in [0.25, 0.3) is 0 Å². The fraction of sp³-hybridized carbons (Fsp3) is 0.842. The molecule has 0 bridgehead atoms. The maximum absolute atomic E-state index is 11.6. The molecular weight excluding hydrogens is 338 g/mol. The van der Waals surface area contributed by atoms with Crippen LogP contribution in [0.4, 0.5) is 0 Å². The van der Waals surface area contributed by atoms with Gasteiger partial charge in [-0.25, -0.2) is 0 Å². The molecule has 0 aromatic carbocycles. The SMILES string of the molecule is C=C(C[C@@H]1OC(C)C(O)C(O)[C@@H]1O)CN1CCC(CC(=O)OCC)CC1. The van der Waals surface area contributed by atoms with Crippen molar-refractivity contribution in [3.63, 3.8) is 0 Å². The molecule has 7 heteroatoms. The third kappa shape index (κ3) is 5.76. The topological polar surface area (TPSA) is 99.5 Å². The molecule has 0 saturated carbocycles. The van der Waals surface area contributed by atoms with Crippen molar-refractivity contribution in [2.24, 2.45) is 5.92 Å². The van der Waals surface area contributed by atoms with Crippen LogP contribution in [-0.2, 0) is 14.3 Å².